The standard InChI is InChI=1S/C12H12Cl3N5O/c1-16-4-8-5-20(19-18-8)6-11(21)17-12-9(14)2-7(13)3-10(12)15/h2-3,5,16H,4,6H2,1H3,(H,17,21). The van der Waals surface area contributed by atoms with Crippen molar-refractivity contribution in [1.29, 1.82) is 0 Å². The molecule has 2 N–H and O–H groups in total. The molecular formula is C12H12Cl3N5O. The Morgan fingerprint density at radius 2 is 1.95 bits per heavy atom. The van der Waals surface area contributed by atoms with Gasteiger partial charge < -0.3 is 10.6 Å². The van der Waals surface area contributed by atoms with Crippen LogP contribution in [0.4, 0.5) is 5.69 Å². The van der Waals surface area contributed by atoms with Gasteiger partial charge >= 0.3 is 0 Å². The van der Waals surface area contributed by atoms with Crippen molar-refractivity contribution < 1.29 is 4.79 Å². The van der Waals surface area contributed by atoms with Crippen molar-refractivity contribution in [2.45, 2.75) is 13.1 Å². The number of hydrogen-bond acceptors (Lipinski definition) is 4. The molecule has 0 fully saturated rings. The maximum atomic E-state index is 12.0. The van der Waals surface area contributed by atoms with E-state index < -0.39 is 0 Å². The lowest BCUT2D eigenvalue weighted by molar-refractivity contribution is -0.116. The average Bonchev–Trinajstić information content (AvgIpc) is 2.81. The molecule has 0 aliphatic heterocycles. The quantitative estimate of drug-likeness (QED) is 0.871. The lowest BCUT2D eigenvalue weighted by Gasteiger charge is -2.09. The van der Waals surface area contributed by atoms with Crippen LogP contribution in [0.3, 0.4) is 0 Å². The van der Waals surface area contributed by atoms with Gasteiger partial charge in [0.25, 0.3) is 0 Å². The molecule has 0 radical (unpaired) electrons. The fourth-order valence-electron chi connectivity index (χ4n) is 1.67. The number of carbonyl (C=O) groups excluding carboxylic acids is 1. The monoisotopic (exact) mass is 347 g/mol. The maximum Gasteiger partial charge on any atom is 0.246 e. The predicted octanol–water partition coefficient (Wildman–Crippen LogP) is 2.60. The first kappa shape index (κ1) is 16.0. The molecular weight excluding hydrogens is 337 g/mol. The molecule has 9 heteroatoms. The highest BCUT2D eigenvalue weighted by molar-refractivity contribution is 6.42. The molecule has 1 amide bonds. The molecule has 0 aliphatic rings. The van der Waals surface area contributed by atoms with Gasteiger partial charge in [0.2, 0.25) is 5.91 Å². The summed E-state index contributed by atoms with van der Waals surface area (Å²) in [5.41, 5.74) is 1.07. The van der Waals surface area contributed by atoms with Crippen LogP contribution < -0.4 is 10.6 Å². The molecule has 0 unspecified atom stereocenters. The zero-order valence-corrected chi connectivity index (χ0v) is 13.3. The fourth-order valence-corrected chi connectivity index (χ4v) is 2.58. The second kappa shape index (κ2) is 7.09. The number of rotatable bonds is 5. The van der Waals surface area contributed by atoms with Crippen LogP contribution in [0.2, 0.25) is 15.1 Å². The van der Waals surface area contributed by atoms with E-state index >= 15 is 0 Å². The summed E-state index contributed by atoms with van der Waals surface area (Å²) in [6.45, 7) is 0.586. The van der Waals surface area contributed by atoms with Gasteiger partial charge in [0.1, 0.15) is 6.54 Å². The van der Waals surface area contributed by atoms with Crippen LogP contribution in [0.25, 0.3) is 0 Å². The first-order valence-electron chi connectivity index (χ1n) is 5.97. The number of amides is 1. The van der Waals surface area contributed by atoms with Crippen molar-refractivity contribution in [1.82, 2.24) is 20.3 Å². The third kappa shape index (κ3) is 4.31. The SMILES string of the molecule is CNCc1cn(CC(=O)Nc2c(Cl)cc(Cl)cc2Cl)nn1. The van der Waals surface area contributed by atoms with E-state index in [4.69, 9.17) is 34.8 Å². The number of hydrogen-bond donors (Lipinski definition) is 2. The van der Waals surface area contributed by atoms with E-state index in [9.17, 15) is 4.79 Å². The smallest absolute Gasteiger partial charge is 0.246 e. The first-order valence-corrected chi connectivity index (χ1v) is 7.11. The van der Waals surface area contributed by atoms with Crippen LogP contribution >= 0.6 is 34.8 Å². The van der Waals surface area contributed by atoms with Gasteiger partial charge in [-0.15, -0.1) is 5.10 Å². The van der Waals surface area contributed by atoms with E-state index in [2.05, 4.69) is 20.9 Å². The van der Waals surface area contributed by atoms with Crippen LogP contribution in [0, 0.1) is 0 Å². The normalized spacial score (nSPS) is 10.7. The van der Waals surface area contributed by atoms with Gasteiger partial charge in [0, 0.05) is 11.6 Å². The van der Waals surface area contributed by atoms with Crippen LogP contribution in [0.15, 0.2) is 18.3 Å². The molecule has 0 bridgehead atoms. The van der Waals surface area contributed by atoms with Crippen LogP contribution in [0.1, 0.15) is 5.69 Å². The third-order valence-corrected chi connectivity index (χ3v) is 3.34. The second-order valence-corrected chi connectivity index (χ2v) is 5.48. The Balaban J connectivity index is 2.04. The predicted molar refractivity (Wildman–Crippen MR) is 82.9 cm³/mol. The Labute approximate surface area is 136 Å². The van der Waals surface area contributed by atoms with E-state index in [0.29, 0.717) is 17.3 Å². The van der Waals surface area contributed by atoms with Crippen molar-refractivity contribution in [2.24, 2.45) is 0 Å². The second-order valence-electron chi connectivity index (χ2n) is 4.23. The Morgan fingerprint density at radius 1 is 1.29 bits per heavy atom. The molecule has 0 atom stereocenters. The van der Waals surface area contributed by atoms with E-state index in [1.807, 2.05) is 0 Å². The molecule has 0 spiro atoms. The highest BCUT2D eigenvalue weighted by Crippen LogP contribution is 2.33. The largest absolute Gasteiger partial charge is 0.322 e. The van der Waals surface area contributed by atoms with Crippen molar-refractivity contribution in [3.8, 4) is 0 Å². The van der Waals surface area contributed by atoms with Gasteiger partial charge in [-0.25, -0.2) is 4.68 Å². The van der Waals surface area contributed by atoms with Crippen molar-refractivity contribution in [3.05, 3.63) is 39.1 Å². The molecule has 1 heterocycles. The van der Waals surface area contributed by atoms with Crippen LogP contribution in [0.5, 0.6) is 0 Å². The first-order chi connectivity index (χ1) is 9.99. The third-order valence-electron chi connectivity index (χ3n) is 2.52. The van der Waals surface area contributed by atoms with Gasteiger partial charge in [-0.3, -0.25) is 4.79 Å². The zero-order chi connectivity index (χ0) is 15.4. The molecule has 2 rings (SSSR count). The topological polar surface area (TPSA) is 71.8 Å². The molecule has 6 nitrogen and oxygen atoms in total. The number of nitrogens with zero attached hydrogens (tertiary/aromatic N) is 3. The number of carbonyl (C=O) groups is 1. The van der Waals surface area contributed by atoms with Gasteiger partial charge in [0.05, 0.1) is 27.6 Å². The molecule has 0 aliphatic carbocycles. The van der Waals surface area contributed by atoms with Crippen LogP contribution in [-0.2, 0) is 17.9 Å². The van der Waals surface area contributed by atoms with E-state index in [1.165, 1.54) is 16.8 Å². The van der Waals surface area contributed by atoms with Gasteiger partial charge in [-0.1, -0.05) is 40.0 Å². The summed E-state index contributed by atoms with van der Waals surface area (Å²) in [7, 11) is 1.80. The molecule has 21 heavy (non-hydrogen) atoms. The summed E-state index contributed by atoms with van der Waals surface area (Å²) in [6, 6.07) is 3.01. The highest BCUT2D eigenvalue weighted by atomic mass is 35.5. The number of aromatic nitrogens is 3. The number of benzene rings is 1. The maximum absolute atomic E-state index is 12.0. The zero-order valence-electron chi connectivity index (χ0n) is 11.0. The lowest BCUT2D eigenvalue weighted by atomic mass is 10.3. The number of nitrogens with one attached hydrogen (secondary N) is 2. The van der Waals surface area contributed by atoms with E-state index in [-0.39, 0.29) is 22.5 Å². The summed E-state index contributed by atoms with van der Waals surface area (Å²) >= 11 is 17.8. The van der Waals surface area contributed by atoms with Crippen molar-refractivity contribution >= 4 is 46.4 Å². The van der Waals surface area contributed by atoms with Gasteiger partial charge in [-0.2, -0.15) is 0 Å². The van der Waals surface area contributed by atoms with Gasteiger partial charge in [0.15, 0.2) is 0 Å². The Hall–Kier alpha value is -1.34. The van der Waals surface area contributed by atoms with E-state index in [1.54, 1.807) is 13.2 Å². The molecule has 2 aromatic rings. The minimum Gasteiger partial charge on any atom is -0.322 e. The molecule has 0 saturated carbocycles. The lowest BCUT2D eigenvalue weighted by Crippen LogP contribution is -2.19. The molecule has 112 valence electrons. The van der Waals surface area contributed by atoms with Crippen molar-refractivity contribution in [3.63, 3.8) is 0 Å². The minimum atomic E-state index is -0.318. The number of halogens is 3. The van der Waals surface area contributed by atoms with Crippen molar-refractivity contribution in [2.75, 3.05) is 12.4 Å². The minimum absolute atomic E-state index is 0.00595. The summed E-state index contributed by atoms with van der Waals surface area (Å²) in [5, 5.41) is 14.3. The summed E-state index contributed by atoms with van der Waals surface area (Å²) < 4.78 is 1.43. The Kier molecular flexibility index (Phi) is 5.41. The van der Waals surface area contributed by atoms with E-state index in [0.717, 1.165) is 5.69 Å². The molecule has 1 aromatic heterocycles. The highest BCUT2D eigenvalue weighted by Gasteiger charge is 2.12. The van der Waals surface area contributed by atoms with Gasteiger partial charge in [-0.05, 0) is 19.2 Å². The Morgan fingerprint density at radius 3 is 2.57 bits per heavy atom. The number of anilines is 1. The summed E-state index contributed by atoms with van der Waals surface area (Å²) in [6.07, 6.45) is 1.68. The fraction of sp³-hybridized carbons (Fsp3) is 0.250. The molecule has 0 saturated heterocycles. The Bertz CT molecular complexity index is 635. The summed E-state index contributed by atoms with van der Waals surface area (Å²) in [5.74, 6) is -0.318. The summed E-state index contributed by atoms with van der Waals surface area (Å²) in [4.78, 5) is 12.0. The van der Waals surface area contributed by atoms with Crippen LogP contribution in [-0.4, -0.2) is 27.9 Å². The average molecular weight is 349 g/mol. The molecule has 1 aromatic carbocycles.